The predicted molar refractivity (Wildman–Crippen MR) is 71.5 cm³/mol. The molecule has 2 heterocycles. The highest BCUT2D eigenvalue weighted by Crippen LogP contribution is 2.32. The topological polar surface area (TPSA) is 58.4 Å². The number of aliphatic hydroxyl groups excluding tert-OH is 1. The molecular formula is C14H12F3N3O2. The van der Waals surface area contributed by atoms with Gasteiger partial charge in [0.1, 0.15) is 5.69 Å². The maximum atomic E-state index is 12.6. The maximum absolute atomic E-state index is 12.6. The Kier molecular flexibility index (Phi) is 3.40. The van der Waals surface area contributed by atoms with Crippen molar-refractivity contribution in [3.05, 3.63) is 47.8 Å². The molecule has 22 heavy (non-hydrogen) atoms. The second-order valence-corrected chi connectivity index (χ2v) is 4.96. The molecule has 1 unspecified atom stereocenters. The lowest BCUT2D eigenvalue weighted by Crippen LogP contribution is -2.44. The SMILES string of the molecule is O=C1c2ccnn2C(CO)CN1c1ccc(C(F)(F)F)cc1. The van der Waals surface area contributed by atoms with Gasteiger partial charge in [-0.25, -0.2) is 0 Å². The normalized spacial score (nSPS) is 18.5. The standard InChI is InChI=1S/C14H12F3N3O2/c15-14(16,17)9-1-3-10(4-2-9)19-7-11(8-21)20-12(13(19)22)5-6-18-20/h1-6,11,21H,7-8H2. The number of fused-ring (bicyclic) bond motifs is 1. The third kappa shape index (κ3) is 2.35. The van der Waals surface area contributed by atoms with E-state index in [4.69, 9.17) is 0 Å². The minimum Gasteiger partial charge on any atom is -0.394 e. The molecule has 8 heteroatoms. The summed E-state index contributed by atoms with van der Waals surface area (Å²) in [6, 6.07) is 5.46. The molecule has 1 aliphatic heterocycles. The highest BCUT2D eigenvalue weighted by molar-refractivity contribution is 6.05. The van der Waals surface area contributed by atoms with E-state index in [2.05, 4.69) is 5.10 Å². The van der Waals surface area contributed by atoms with E-state index in [-0.39, 0.29) is 19.1 Å². The fourth-order valence-electron chi connectivity index (χ4n) is 2.47. The average Bonchev–Trinajstić information content (AvgIpc) is 2.97. The zero-order valence-corrected chi connectivity index (χ0v) is 11.3. The van der Waals surface area contributed by atoms with E-state index < -0.39 is 17.8 Å². The number of anilines is 1. The van der Waals surface area contributed by atoms with Crippen LogP contribution in [0.25, 0.3) is 0 Å². The van der Waals surface area contributed by atoms with Crippen LogP contribution < -0.4 is 4.90 Å². The van der Waals surface area contributed by atoms with Crippen molar-refractivity contribution in [2.45, 2.75) is 12.2 Å². The van der Waals surface area contributed by atoms with Gasteiger partial charge >= 0.3 is 6.18 Å². The number of carbonyl (C=O) groups excluding carboxylic acids is 1. The molecule has 1 N–H and O–H groups in total. The van der Waals surface area contributed by atoms with Crippen molar-refractivity contribution in [3.8, 4) is 0 Å². The first-order chi connectivity index (χ1) is 10.4. The zero-order chi connectivity index (χ0) is 15.9. The van der Waals surface area contributed by atoms with E-state index in [1.807, 2.05) is 0 Å². The summed E-state index contributed by atoms with van der Waals surface area (Å²) in [5.74, 6) is -0.359. The molecule has 116 valence electrons. The van der Waals surface area contributed by atoms with Crippen molar-refractivity contribution in [3.63, 3.8) is 0 Å². The van der Waals surface area contributed by atoms with Gasteiger partial charge in [-0.05, 0) is 30.3 Å². The van der Waals surface area contributed by atoms with Crippen LogP contribution in [0.5, 0.6) is 0 Å². The predicted octanol–water partition coefficient (Wildman–Crippen LogP) is 2.10. The molecule has 1 aliphatic rings. The van der Waals surface area contributed by atoms with E-state index in [1.165, 1.54) is 34.0 Å². The molecule has 3 rings (SSSR count). The summed E-state index contributed by atoms with van der Waals surface area (Å²) in [7, 11) is 0. The molecule has 1 atom stereocenters. The van der Waals surface area contributed by atoms with Gasteiger partial charge in [0.2, 0.25) is 0 Å². The zero-order valence-electron chi connectivity index (χ0n) is 11.3. The second-order valence-electron chi connectivity index (χ2n) is 4.96. The summed E-state index contributed by atoms with van der Waals surface area (Å²) in [5, 5.41) is 13.4. The quantitative estimate of drug-likeness (QED) is 0.924. The summed E-state index contributed by atoms with van der Waals surface area (Å²) in [5.41, 5.74) is -0.126. The molecule has 0 spiro atoms. The molecule has 5 nitrogen and oxygen atoms in total. The smallest absolute Gasteiger partial charge is 0.394 e. The molecule has 2 aromatic rings. The van der Waals surface area contributed by atoms with Gasteiger partial charge in [0.15, 0.2) is 0 Å². The maximum Gasteiger partial charge on any atom is 0.416 e. The van der Waals surface area contributed by atoms with Crippen LogP contribution >= 0.6 is 0 Å². The van der Waals surface area contributed by atoms with E-state index in [1.54, 1.807) is 0 Å². The number of amides is 1. The van der Waals surface area contributed by atoms with Gasteiger partial charge < -0.3 is 10.0 Å². The first-order valence-corrected chi connectivity index (χ1v) is 6.55. The molecule has 0 fully saturated rings. The minimum atomic E-state index is -4.42. The number of halogens is 3. The number of rotatable bonds is 2. The lowest BCUT2D eigenvalue weighted by atomic mass is 10.1. The summed E-state index contributed by atoms with van der Waals surface area (Å²) >= 11 is 0. The second kappa shape index (κ2) is 5.13. The van der Waals surface area contributed by atoms with Crippen LogP contribution in [0.15, 0.2) is 36.5 Å². The molecule has 0 bridgehead atoms. The third-order valence-corrected chi connectivity index (χ3v) is 3.59. The van der Waals surface area contributed by atoms with Crippen molar-refractivity contribution in [1.29, 1.82) is 0 Å². The number of hydrogen-bond donors (Lipinski definition) is 1. The van der Waals surface area contributed by atoms with Crippen molar-refractivity contribution >= 4 is 11.6 Å². The van der Waals surface area contributed by atoms with E-state index >= 15 is 0 Å². The van der Waals surface area contributed by atoms with Gasteiger partial charge in [0, 0.05) is 11.9 Å². The van der Waals surface area contributed by atoms with Crippen LogP contribution in [0.2, 0.25) is 0 Å². The number of hydrogen-bond acceptors (Lipinski definition) is 3. The first-order valence-electron chi connectivity index (χ1n) is 6.55. The van der Waals surface area contributed by atoms with Crippen LogP contribution in [-0.4, -0.2) is 33.9 Å². The van der Waals surface area contributed by atoms with Gasteiger partial charge in [-0.3, -0.25) is 9.48 Å². The third-order valence-electron chi connectivity index (χ3n) is 3.59. The number of benzene rings is 1. The molecule has 1 amide bonds. The Bertz CT molecular complexity index is 694. The number of aliphatic hydroxyl groups is 1. The van der Waals surface area contributed by atoms with Gasteiger partial charge in [-0.2, -0.15) is 18.3 Å². The molecule has 0 saturated heterocycles. The Labute approximate surface area is 123 Å². The monoisotopic (exact) mass is 311 g/mol. The molecule has 0 radical (unpaired) electrons. The van der Waals surface area contributed by atoms with Crippen molar-refractivity contribution < 1.29 is 23.1 Å². The number of carbonyl (C=O) groups is 1. The lowest BCUT2D eigenvalue weighted by Gasteiger charge is -2.32. The van der Waals surface area contributed by atoms with Gasteiger partial charge in [-0.15, -0.1) is 0 Å². The highest BCUT2D eigenvalue weighted by atomic mass is 19.4. The van der Waals surface area contributed by atoms with Gasteiger partial charge in [-0.1, -0.05) is 0 Å². The van der Waals surface area contributed by atoms with Crippen LogP contribution in [0, 0.1) is 0 Å². The van der Waals surface area contributed by atoms with Gasteiger partial charge in [0.25, 0.3) is 5.91 Å². The van der Waals surface area contributed by atoms with Crippen molar-refractivity contribution in [2.75, 3.05) is 18.1 Å². The van der Waals surface area contributed by atoms with Gasteiger partial charge in [0.05, 0.1) is 24.8 Å². The Morgan fingerprint density at radius 2 is 1.91 bits per heavy atom. The molecule has 0 saturated carbocycles. The van der Waals surface area contributed by atoms with Crippen molar-refractivity contribution in [2.24, 2.45) is 0 Å². The Morgan fingerprint density at radius 1 is 1.23 bits per heavy atom. The van der Waals surface area contributed by atoms with Crippen LogP contribution in [-0.2, 0) is 6.18 Å². The number of nitrogens with zero attached hydrogens (tertiary/aromatic N) is 3. The van der Waals surface area contributed by atoms with Crippen molar-refractivity contribution in [1.82, 2.24) is 9.78 Å². The summed E-state index contributed by atoms with van der Waals surface area (Å²) in [4.78, 5) is 13.7. The average molecular weight is 311 g/mol. The molecular weight excluding hydrogens is 299 g/mol. The summed E-state index contributed by atoms with van der Waals surface area (Å²) < 4.78 is 39.2. The summed E-state index contributed by atoms with van der Waals surface area (Å²) in [6.45, 7) is -0.0749. The number of aromatic nitrogens is 2. The van der Waals surface area contributed by atoms with Crippen LogP contribution in [0.1, 0.15) is 22.1 Å². The largest absolute Gasteiger partial charge is 0.416 e. The van der Waals surface area contributed by atoms with E-state index in [0.717, 1.165) is 12.1 Å². The Morgan fingerprint density at radius 3 is 2.50 bits per heavy atom. The van der Waals surface area contributed by atoms with Crippen LogP contribution in [0.4, 0.5) is 18.9 Å². The Balaban J connectivity index is 1.94. The molecule has 0 aliphatic carbocycles. The molecule has 1 aromatic carbocycles. The fourth-order valence-corrected chi connectivity index (χ4v) is 2.47. The first kappa shape index (κ1) is 14.6. The van der Waals surface area contributed by atoms with E-state index in [0.29, 0.717) is 11.4 Å². The molecule has 1 aromatic heterocycles. The highest BCUT2D eigenvalue weighted by Gasteiger charge is 2.34. The number of alkyl halides is 3. The summed E-state index contributed by atoms with van der Waals surface area (Å²) in [6.07, 6.45) is -2.97. The van der Waals surface area contributed by atoms with Crippen LogP contribution in [0.3, 0.4) is 0 Å². The fraction of sp³-hybridized carbons (Fsp3) is 0.286. The minimum absolute atomic E-state index is 0.148. The Hall–Kier alpha value is -2.35. The lowest BCUT2D eigenvalue weighted by molar-refractivity contribution is -0.137. The van der Waals surface area contributed by atoms with E-state index in [9.17, 15) is 23.1 Å².